The Morgan fingerprint density at radius 2 is 1.53 bits per heavy atom. The molecule has 0 aliphatic rings. The van der Waals surface area contributed by atoms with Gasteiger partial charge in [0.05, 0.1) is 11.8 Å². The van der Waals surface area contributed by atoms with Gasteiger partial charge in [0.15, 0.2) is 0 Å². The first-order chi connectivity index (χ1) is 9.18. The summed E-state index contributed by atoms with van der Waals surface area (Å²) >= 11 is 0. The van der Waals surface area contributed by atoms with Crippen LogP contribution in [0.5, 0.6) is 0 Å². The van der Waals surface area contributed by atoms with Crippen LogP contribution in [-0.4, -0.2) is 6.21 Å². The molecule has 0 saturated heterocycles. The summed E-state index contributed by atoms with van der Waals surface area (Å²) in [5, 5.41) is 3.48. The highest BCUT2D eigenvalue weighted by Gasteiger charge is 2.08. The molecule has 0 aliphatic heterocycles. The first kappa shape index (κ1) is 13.1. The number of nitrogens with zero attached hydrogens (tertiary/aromatic N) is 1. The molecule has 0 bridgehead atoms. The minimum Gasteiger partial charge on any atom is -0.391 e. The molecule has 2 rings (SSSR count). The Hall–Kier alpha value is -2.30. The first-order valence-electron chi connectivity index (χ1n) is 5.51. The SMILES string of the molecule is Fc1ccccc1C=NOCc1c(F)cccc1F. The normalized spacial score (nSPS) is 10.9. The highest BCUT2D eigenvalue weighted by Crippen LogP contribution is 2.13. The predicted octanol–water partition coefficient (Wildman–Crippen LogP) is 3.65. The lowest BCUT2D eigenvalue weighted by molar-refractivity contribution is 0.126. The van der Waals surface area contributed by atoms with E-state index in [4.69, 9.17) is 4.84 Å². The Bertz CT molecular complexity index is 579. The second-order valence-corrected chi connectivity index (χ2v) is 3.73. The zero-order valence-electron chi connectivity index (χ0n) is 9.82. The molecular weight excluding hydrogens is 255 g/mol. The summed E-state index contributed by atoms with van der Waals surface area (Å²) in [6, 6.07) is 9.48. The second kappa shape index (κ2) is 6.04. The van der Waals surface area contributed by atoms with Crippen LogP contribution in [0.15, 0.2) is 47.6 Å². The summed E-state index contributed by atoms with van der Waals surface area (Å²) in [6.45, 7) is -0.358. The molecule has 0 atom stereocenters. The van der Waals surface area contributed by atoms with Crippen molar-refractivity contribution in [3.63, 3.8) is 0 Å². The monoisotopic (exact) mass is 265 g/mol. The van der Waals surface area contributed by atoms with Crippen molar-refractivity contribution >= 4 is 6.21 Å². The fourth-order valence-corrected chi connectivity index (χ4v) is 1.45. The molecule has 0 spiro atoms. The largest absolute Gasteiger partial charge is 0.391 e. The van der Waals surface area contributed by atoms with Crippen molar-refractivity contribution in [2.24, 2.45) is 5.16 Å². The molecule has 2 aromatic rings. The Morgan fingerprint density at radius 1 is 0.895 bits per heavy atom. The number of hydrogen-bond donors (Lipinski definition) is 0. The van der Waals surface area contributed by atoms with Gasteiger partial charge in [-0.2, -0.15) is 0 Å². The van der Waals surface area contributed by atoms with E-state index >= 15 is 0 Å². The van der Waals surface area contributed by atoms with Crippen LogP contribution < -0.4 is 0 Å². The van der Waals surface area contributed by atoms with Gasteiger partial charge >= 0.3 is 0 Å². The van der Waals surface area contributed by atoms with Crippen LogP contribution >= 0.6 is 0 Å². The lowest BCUT2D eigenvalue weighted by atomic mass is 10.2. The summed E-state index contributed by atoms with van der Waals surface area (Å²) in [5.41, 5.74) is 0.0182. The molecule has 19 heavy (non-hydrogen) atoms. The summed E-state index contributed by atoms with van der Waals surface area (Å²) in [5.74, 6) is -1.87. The van der Waals surface area contributed by atoms with Crippen LogP contribution in [0.1, 0.15) is 11.1 Å². The van der Waals surface area contributed by atoms with Crippen LogP contribution in [-0.2, 0) is 11.4 Å². The van der Waals surface area contributed by atoms with E-state index in [1.807, 2.05) is 0 Å². The molecule has 5 heteroatoms. The molecule has 0 fully saturated rings. The maximum absolute atomic E-state index is 13.2. The summed E-state index contributed by atoms with van der Waals surface area (Å²) in [7, 11) is 0. The van der Waals surface area contributed by atoms with E-state index in [0.29, 0.717) is 0 Å². The molecule has 0 amide bonds. The Morgan fingerprint density at radius 3 is 2.21 bits per heavy atom. The van der Waals surface area contributed by atoms with Gasteiger partial charge in [-0.3, -0.25) is 0 Å². The molecule has 0 saturated carbocycles. The Labute approximate surface area is 108 Å². The predicted molar refractivity (Wildman–Crippen MR) is 65.1 cm³/mol. The maximum atomic E-state index is 13.2. The topological polar surface area (TPSA) is 21.6 Å². The first-order valence-corrected chi connectivity index (χ1v) is 5.51. The zero-order valence-corrected chi connectivity index (χ0v) is 9.82. The van der Waals surface area contributed by atoms with Gasteiger partial charge < -0.3 is 4.84 Å². The van der Waals surface area contributed by atoms with Gasteiger partial charge in [0.1, 0.15) is 24.1 Å². The van der Waals surface area contributed by atoms with Crippen molar-refractivity contribution in [3.05, 3.63) is 71.0 Å². The maximum Gasteiger partial charge on any atom is 0.147 e. The van der Waals surface area contributed by atoms with Crippen molar-refractivity contribution in [2.75, 3.05) is 0 Å². The number of oxime groups is 1. The van der Waals surface area contributed by atoms with E-state index in [1.165, 1.54) is 18.2 Å². The Balaban J connectivity index is 1.99. The van der Waals surface area contributed by atoms with Crippen LogP contribution in [0.2, 0.25) is 0 Å². The molecule has 0 heterocycles. The average Bonchev–Trinajstić information content (AvgIpc) is 2.39. The minimum atomic E-state index is -0.707. The van der Waals surface area contributed by atoms with Crippen LogP contribution in [0.4, 0.5) is 13.2 Å². The number of rotatable bonds is 4. The van der Waals surface area contributed by atoms with Gasteiger partial charge in [-0.1, -0.05) is 29.4 Å². The fourth-order valence-electron chi connectivity index (χ4n) is 1.45. The minimum absolute atomic E-state index is 0.215. The highest BCUT2D eigenvalue weighted by molar-refractivity contribution is 5.79. The summed E-state index contributed by atoms with van der Waals surface area (Å²) < 4.78 is 39.7. The second-order valence-electron chi connectivity index (χ2n) is 3.73. The van der Waals surface area contributed by atoms with Crippen molar-refractivity contribution in [2.45, 2.75) is 6.61 Å². The smallest absolute Gasteiger partial charge is 0.147 e. The van der Waals surface area contributed by atoms with E-state index in [1.54, 1.807) is 12.1 Å². The highest BCUT2D eigenvalue weighted by atomic mass is 19.1. The van der Waals surface area contributed by atoms with Crippen LogP contribution in [0.3, 0.4) is 0 Å². The number of benzene rings is 2. The number of hydrogen-bond acceptors (Lipinski definition) is 2. The molecule has 0 unspecified atom stereocenters. The lowest BCUT2D eigenvalue weighted by Crippen LogP contribution is -1.97. The van der Waals surface area contributed by atoms with Crippen molar-refractivity contribution in [3.8, 4) is 0 Å². The van der Waals surface area contributed by atoms with E-state index in [9.17, 15) is 13.2 Å². The van der Waals surface area contributed by atoms with E-state index in [2.05, 4.69) is 5.16 Å². The van der Waals surface area contributed by atoms with Gasteiger partial charge in [-0.05, 0) is 18.2 Å². The summed E-state index contributed by atoms with van der Waals surface area (Å²) in [6.07, 6.45) is 1.15. The third kappa shape index (κ3) is 3.34. The van der Waals surface area contributed by atoms with Crippen molar-refractivity contribution in [1.82, 2.24) is 0 Å². The van der Waals surface area contributed by atoms with Crippen molar-refractivity contribution < 1.29 is 18.0 Å². The van der Waals surface area contributed by atoms with E-state index in [0.717, 1.165) is 18.3 Å². The molecule has 0 N–H and O–H groups in total. The van der Waals surface area contributed by atoms with Gasteiger partial charge in [0, 0.05) is 5.56 Å². The third-order valence-electron chi connectivity index (χ3n) is 2.44. The van der Waals surface area contributed by atoms with Gasteiger partial charge in [-0.15, -0.1) is 0 Å². The van der Waals surface area contributed by atoms with Crippen LogP contribution in [0.25, 0.3) is 0 Å². The quantitative estimate of drug-likeness (QED) is 0.610. The molecule has 2 nitrogen and oxygen atoms in total. The molecule has 98 valence electrons. The zero-order chi connectivity index (χ0) is 13.7. The standard InChI is InChI=1S/C14H10F3NO/c15-12-5-2-1-4-10(12)8-18-19-9-11-13(16)6-3-7-14(11)17/h1-8H,9H2. The van der Waals surface area contributed by atoms with Gasteiger partial charge in [0.25, 0.3) is 0 Å². The number of halogens is 3. The summed E-state index contributed by atoms with van der Waals surface area (Å²) in [4.78, 5) is 4.76. The Kier molecular flexibility index (Phi) is 4.18. The van der Waals surface area contributed by atoms with E-state index < -0.39 is 17.5 Å². The third-order valence-corrected chi connectivity index (χ3v) is 2.44. The molecule has 0 aromatic heterocycles. The molecule has 2 aromatic carbocycles. The van der Waals surface area contributed by atoms with Gasteiger partial charge in [-0.25, -0.2) is 13.2 Å². The lowest BCUT2D eigenvalue weighted by Gasteiger charge is -2.03. The van der Waals surface area contributed by atoms with Crippen molar-refractivity contribution in [1.29, 1.82) is 0 Å². The van der Waals surface area contributed by atoms with Crippen LogP contribution in [0, 0.1) is 17.5 Å². The molecule has 0 radical (unpaired) electrons. The fraction of sp³-hybridized carbons (Fsp3) is 0.0714. The van der Waals surface area contributed by atoms with Gasteiger partial charge in [0.2, 0.25) is 0 Å². The van der Waals surface area contributed by atoms with E-state index in [-0.39, 0.29) is 17.7 Å². The average molecular weight is 265 g/mol. The molecular formula is C14H10F3NO. The molecule has 0 aliphatic carbocycles.